The molecule has 4 nitrogen and oxygen atoms in total. The Balaban J connectivity index is 1.41. The van der Waals surface area contributed by atoms with Gasteiger partial charge in [0.25, 0.3) is 5.91 Å². The van der Waals surface area contributed by atoms with Gasteiger partial charge in [-0.15, -0.1) is 0 Å². The van der Waals surface area contributed by atoms with E-state index in [0.29, 0.717) is 34.3 Å². The van der Waals surface area contributed by atoms with Crippen LogP contribution in [0.15, 0.2) is 30.3 Å². The van der Waals surface area contributed by atoms with Gasteiger partial charge in [0.2, 0.25) is 0 Å². The van der Waals surface area contributed by atoms with Crippen LogP contribution in [0.5, 0.6) is 0 Å². The van der Waals surface area contributed by atoms with E-state index in [2.05, 4.69) is 15.5 Å². The molecule has 1 heterocycles. The minimum atomic E-state index is -0.0879. The Morgan fingerprint density at radius 2 is 1.68 bits per heavy atom. The van der Waals surface area contributed by atoms with E-state index >= 15 is 0 Å². The Bertz CT molecular complexity index is 773. The number of rotatable bonds is 3. The summed E-state index contributed by atoms with van der Waals surface area (Å²) in [6.07, 6.45) is 6.54. The molecule has 1 amide bonds. The van der Waals surface area contributed by atoms with Crippen LogP contribution < -0.4 is 5.32 Å². The average Bonchev–Trinajstić information content (AvgIpc) is 3.00. The number of carbonyl (C=O) groups is 1. The third-order valence-corrected chi connectivity index (χ3v) is 6.79. The van der Waals surface area contributed by atoms with Gasteiger partial charge in [-0.3, -0.25) is 9.89 Å². The van der Waals surface area contributed by atoms with E-state index in [9.17, 15) is 4.79 Å². The molecule has 4 aliphatic rings. The molecule has 4 aliphatic carbocycles. The van der Waals surface area contributed by atoms with Gasteiger partial charge in [-0.2, -0.15) is 5.10 Å². The summed E-state index contributed by atoms with van der Waals surface area (Å²) < 4.78 is 0. The third kappa shape index (κ3) is 2.58. The highest BCUT2D eigenvalue weighted by Gasteiger charge is 2.48. The number of aromatic amines is 1. The molecule has 4 bridgehead atoms. The van der Waals surface area contributed by atoms with Crippen LogP contribution in [0.2, 0.25) is 5.15 Å². The van der Waals surface area contributed by atoms with Gasteiger partial charge >= 0.3 is 0 Å². The molecule has 2 N–H and O–H groups in total. The standard InChI is InChI=1S/C20H22ClN3O/c21-19-16(18(23-24-19)13-4-2-1-3-5-13)20(25)22-17-14-7-11-6-12(9-14)10-15(17)8-11/h1-5,11-12,14-15,17H,6-10H2,(H,22,25)(H,23,24). The molecule has 25 heavy (non-hydrogen) atoms. The van der Waals surface area contributed by atoms with Crippen molar-refractivity contribution in [3.63, 3.8) is 0 Å². The first-order valence-electron chi connectivity index (χ1n) is 9.29. The molecule has 0 radical (unpaired) electrons. The minimum Gasteiger partial charge on any atom is -0.349 e. The van der Waals surface area contributed by atoms with Crippen molar-refractivity contribution in [2.75, 3.05) is 0 Å². The van der Waals surface area contributed by atoms with Crippen molar-refractivity contribution < 1.29 is 4.79 Å². The molecule has 5 heteroatoms. The number of nitrogens with zero attached hydrogens (tertiary/aromatic N) is 1. The normalized spacial score (nSPS) is 32.8. The monoisotopic (exact) mass is 355 g/mol. The molecule has 0 saturated heterocycles. The summed E-state index contributed by atoms with van der Waals surface area (Å²) in [4.78, 5) is 13.1. The van der Waals surface area contributed by atoms with Gasteiger partial charge in [0.1, 0.15) is 16.4 Å². The highest BCUT2D eigenvalue weighted by Crippen LogP contribution is 2.53. The largest absolute Gasteiger partial charge is 0.349 e. The molecule has 1 aromatic carbocycles. The summed E-state index contributed by atoms with van der Waals surface area (Å²) in [7, 11) is 0. The van der Waals surface area contributed by atoms with Crippen molar-refractivity contribution in [2.45, 2.75) is 38.1 Å². The number of halogens is 1. The highest BCUT2D eigenvalue weighted by molar-refractivity contribution is 6.33. The molecule has 4 fully saturated rings. The number of nitrogens with one attached hydrogen (secondary N) is 2. The number of hydrogen-bond acceptors (Lipinski definition) is 2. The zero-order chi connectivity index (χ0) is 17.0. The lowest BCUT2D eigenvalue weighted by Crippen LogP contribution is -2.55. The zero-order valence-corrected chi connectivity index (χ0v) is 14.8. The van der Waals surface area contributed by atoms with Crippen LogP contribution in [-0.4, -0.2) is 22.1 Å². The Kier molecular flexibility index (Phi) is 3.63. The quantitative estimate of drug-likeness (QED) is 0.863. The van der Waals surface area contributed by atoms with E-state index in [0.717, 1.165) is 17.4 Å². The van der Waals surface area contributed by atoms with Crippen molar-refractivity contribution in [1.29, 1.82) is 0 Å². The van der Waals surface area contributed by atoms with Gasteiger partial charge in [0.15, 0.2) is 0 Å². The van der Waals surface area contributed by atoms with E-state index in [1.54, 1.807) is 0 Å². The molecule has 130 valence electrons. The fraction of sp³-hybridized carbons (Fsp3) is 0.500. The molecule has 0 aliphatic heterocycles. The van der Waals surface area contributed by atoms with Crippen molar-refractivity contribution in [3.05, 3.63) is 41.0 Å². The van der Waals surface area contributed by atoms with E-state index in [4.69, 9.17) is 11.6 Å². The van der Waals surface area contributed by atoms with Crippen LogP contribution >= 0.6 is 11.6 Å². The first-order chi connectivity index (χ1) is 12.2. The summed E-state index contributed by atoms with van der Waals surface area (Å²) in [6.45, 7) is 0. The molecule has 0 unspecified atom stereocenters. The minimum absolute atomic E-state index is 0.0879. The zero-order valence-electron chi connectivity index (χ0n) is 14.0. The highest BCUT2D eigenvalue weighted by atomic mass is 35.5. The Hall–Kier alpha value is -1.81. The number of carbonyl (C=O) groups excluding carboxylic acids is 1. The van der Waals surface area contributed by atoms with Crippen LogP contribution in [0.25, 0.3) is 11.3 Å². The fourth-order valence-corrected chi connectivity index (χ4v) is 5.93. The summed E-state index contributed by atoms with van der Waals surface area (Å²) in [6, 6.07) is 10.0. The number of H-pyrrole nitrogens is 1. The number of hydrogen-bond donors (Lipinski definition) is 2. The van der Waals surface area contributed by atoms with Gasteiger partial charge in [-0.25, -0.2) is 0 Å². The SMILES string of the molecule is O=C(NC1C2CC3CC(C2)CC1C3)c1c(-c2ccccc2)n[nH]c1Cl. The predicted molar refractivity (Wildman–Crippen MR) is 97.3 cm³/mol. The molecule has 4 saturated carbocycles. The third-order valence-electron chi connectivity index (χ3n) is 6.52. The average molecular weight is 356 g/mol. The van der Waals surface area contributed by atoms with Gasteiger partial charge in [0.05, 0.1) is 0 Å². The van der Waals surface area contributed by atoms with Crippen LogP contribution in [0.1, 0.15) is 42.5 Å². The fourth-order valence-electron chi connectivity index (χ4n) is 5.72. The van der Waals surface area contributed by atoms with E-state index in [1.807, 2.05) is 30.3 Å². The lowest BCUT2D eigenvalue weighted by Gasteiger charge is -2.54. The second-order valence-corrected chi connectivity index (χ2v) is 8.44. The van der Waals surface area contributed by atoms with Gasteiger partial charge in [-0.05, 0) is 55.8 Å². The first-order valence-corrected chi connectivity index (χ1v) is 9.67. The first kappa shape index (κ1) is 15.4. The summed E-state index contributed by atoms with van der Waals surface area (Å²) in [5.74, 6) is 2.99. The van der Waals surface area contributed by atoms with Crippen LogP contribution in [0.3, 0.4) is 0 Å². The molecule has 0 atom stereocenters. The summed E-state index contributed by atoms with van der Waals surface area (Å²) in [5.41, 5.74) is 2.01. The van der Waals surface area contributed by atoms with Crippen LogP contribution in [0.4, 0.5) is 0 Å². The molecular weight excluding hydrogens is 334 g/mol. The van der Waals surface area contributed by atoms with Crippen LogP contribution in [-0.2, 0) is 0 Å². The van der Waals surface area contributed by atoms with Crippen molar-refractivity contribution in [1.82, 2.24) is 15.5 Å². The van der Waals surface area contributed by atoms with E-state index in [-0.39, 0.29) is 5.91 Å². The summed E-state index contributed by atoms with van der Waals surface area (Å²) in [5, 5.41) is 10.7. The lowest BCUT2D eigenvalue weighted by atomic mass is 9.54. The number of benzene rings is 1. The summed E-state index contributed by atoms with van der Waals surface area (Å²) >= 11 is 6.28. The number of aromatic nitrogens is 2. The Morgan fingerprint density at radius 3 is 2.32 bits per heavy atom. The molecular formula is C20H22ClN3O. The molecule has 6 rings (SSSR count). The smallest absolute Gasteiger partial charge is 0.256 e. The lowest BCUT2D eigenvalue weighted by molar-refractivity contribution is -0.0119. The topological polar surface area (TPSA) is 57.8 Å². The van der Waals surface area contributed by atoms with Crippen molar-refractivity contribution in [3.8, 4) is 11.3 Å². The maximum absolute atomic E-state index is 13.1. The maximum atomic E-state index is 13.1. The predicted octanol–water partition coefficient (Wildman–Crippen LogP) is 4.28. The van der Waals surface area contributed by atoms with Gasteiger partial charge in [-0.1, -0.05) is 41.9 Å². The van der Waals surface area contributed by atoms with Gasteiger partial charge in [0, 0.05) is 11.6 Å². The van der Waals surface area contributed by atoms with Crippen molar-refractivity contribution in [2.24, 2.45) is 23.7 Å². The molecule has 0 spiro atoms. The Labute approximate surface area is 152 Å². The second-order valence-electron chi connectivity index (χ2n) is 8.06. The van der Waals surface area contributed by atoms with Crippen LogP contribution in [0, 0.1) is 23.7 Å². The van der Waals surface area contributed by atoms with E-state index in [1.165, 1.54) is 32.1 Å². The van der Waals surface area contributed by atoms with Crippen molar-refractivity contribution >= 4 is 17.5 Å². The van der Waals surface area contributed by atoms with Gasteiger partial charge < -0.3 is 5.32 Å². The molecule has 2 aromatic rings. The number of amides is 1. The Morgan fingerprint density at radius 1 is 1.04 bits per heavy atom. The second kappa shape index (κ2) is 5.87. The maximum Gasteiger partial charge on any atom is 0.256 e. The molecule has 1 aromatic heterocycles. The van der Waals surface area contributed by atoms with E-state index < -0.39 is 0 Å².